The molecular formula is C12H19N3O3S. The van der Waals surface area contributed by atoms with Crippen LogP contribution in [-0.4, -0.2) is 39.4 Å². The van der Waals surface area contributed by atoms with E-state index in [1.807, 2.05) is 0 Å². The lowest BCUT2D eigenvalue weighted by Crippen LogP contribution is -2.44. The molecule has 106 valence electrons. The zero-order valence-electron chi connectivity index (χ0n) is 11.5. The Balaban J connectivity index is 3.02. The van der Waals surface area contributed by atoms with E-state index < -0.39 is 16.1 Å². The van der Waals surface area contributed by atoms with E-state index in [0.717, 1.165) is 5.56 Å². The summed E-state index contributed by atoms with van der Waals surface area (Å²) < 4.78 is 26.6. The van der Waals surface area contributed by atoms with Crippen LogP contribution < -0.4 is 10.5 Å². The normalized spacial score (nSPS) is 13.1. The van der Waals surface area contributed by atoms with E-state index in [2.05, 4.69) is 4.72 Å². The standard InChI is InChI=1S/C12H19N3O3S/c1-8-5-10(13)7-11(6-8)19(17,18)14-9(2)12(16)15(3)4/h5-7,9,14H,13H2,1-4H3. The van der Waals surface area contributed by atoms with Crippen LogP contribution in [0.1, 0.15) is 12.5 Å². The largest absolute Gasteiger partial charge is 0.399 e. The molecule has 0 saturated carbocycles. The Labute approximate surface area is 113 Å². The van der Waals surface area contributed by atoms with Crippen LogP contribution in [0.3, 0.4) is 0 Å². The van der Waals surface area contributed by atoms with E-state index in [9.17, 15) is 13.2 Å². The van der Waals surface area contributed by atoms with Gasteiger partial charge in [-0.05, 0) is 37.6 Å². The number of sulfonamides is 1. The topological polar surface area (TPSA) is 92.5 Å². The number of likely N-dealkylation sites (N-methyl/N-ethyl adjacent to an activating group) is 1. The van der Waals surface area contributed by atoms with E-state index in [1.165, 1.54) is 24.0 Å². The van der Waals surface area contributed by atoms with Gasteiger partial charge in [0.2, 0.25) is 15.9 Å². The van der Waals surface area contributed by atoms with Crippen LogP contribution in [0.5, 0.6) is 0 Å². The molecule has 3 N–H and O–H groups in total. The van der Waals surface area contributed by atoms with E-state index >= 15 is 0 Å². The lowest BCUT2D eigenvalue weighted by atomic mass is 10.2. The summed E-state index contributed by atoms with van der Waals surface area (Å²) in [6, 6.07) is 3.71. The minimum absolute atomic E-state index is 0.0587. The predicted molar refractivity (Wildman–Crippen MR) is 74.1 cm³/mol. The molecule has 0 bridgehead atoms. The Morgan fingerprint density at radius 1 is 1.32 bits per heavy atom. The summed E-state index contributed by atoms with van der Waals surface area (Å²) in [5.41, 5.74) is 6.74. The first-order chi connectivity index (χ1) is 8.63. The molecule has 0 aliphatic rings. The fourth-order valence-electron chi connectivity index (χ4n) is 1.67. The van der Waals surface area contributed by atoms with Crippen LogP contribution >= 0.6 is 0 Å². The van der Waals surface area contributed by atoms with Gasteiger partial charge in [0, 0.05) is 19.8 Å². The summed E-state index contributed by atoms with van der Waals surface area (Å²) >= 11 is 0. The Bertz CT molecular complexity index is 562. The molecule has 1 atom stereocenters. The number of nitrogens with zero attached hydrogens (tertiary/aromatic N) is 1. The van der Waals surface area contributed by atoms with Crippen molar-refractivity contribution in [3.8, 4) is 0 Å². The van der Waals surface area contributed by atoms with E-state index in [-0.39, 0.29) is 10.8 Å². The number of nitrogens with one attached hydrogen (secondary N) is 1. The fraction of sp³-hybridized carbons (Fsp3) is 0.417. The minimum atomic E-state index is -3.76. The summed E-state index contributed by atoms with van der Waals surface area (Å²) in [5, 5.41) is 0. The molecular weight excluding hydrogens is 266 g/mol. The van der Waals surface area contributed by atoms with Gasteiger partial charge in [0.25, 0.3) is 0 Å². The molecule has 1 unspecified atom stereocenters. The van der Waals surface area contributed by atoms with Crippen molar-refractivity contribution in [3.63, 3.8) is 0 Å². The fourth-order valence-corrected chi connectivity index (χ4v) is 3.00. The molecule has 0 radical (unpaired) electrons. The molecule has 0 aliphatic carbocycles. The van der Waals surface area contributed by atoms with E-state index in [0.29, 0.717) is 5.69 Å². The van der Waals surface area contributed by atoms with Crippen LogP contribution in [-0.2, 0) is 14.8 Å². The monoisotopic (exact) mass is 285 g/mol. The van der Waals surface area contributed by atoms with Gasteiger partial charge in [-0.1, -0.05) is 0 Å². The van der Waals surface area contributed by atoms with Crippen molar-refractivity contribution in [1.82, 2.24) is 9.62 Å². The van der Waals surface area contributed by atoms with Gasteiger partial charge in [-0.2, -0.15) is 4.72 Å². The van der Waals surface area contributed by atoms with Gasteiger partial charge in [-0.15, -0.1) is 0 Å². The van der Waals surface area contributed by atoms with Crippen molar-refractivity contribution in [1.29, 1.82) is 0 Å². The van der Waals surface area contributed by atoms with Crippen LogP contribution in [0.15, 0.2) is 23.1 Å². The van der Waals surface area contributed by atoms with Crippen LogP contribution in [0, 0.1) is 6.92 Å². The molecule has 6 nitrogen and oxygen atoms in total. The Morgan fingerprint density at radius 2 is 1.89 bits per heavy atom. The van der Waals surface area contributed by atoms with Crippen LogP contribution in [0.2, 0.25) is 0 Å². The minimum Gasteiger partial charge on any atom is -0.399 e. The van der Waals surface area contributed by atoms with E-state index in [1.54, 1.807) is 27.1 Å². The molecule has 0 heterocycles. The second-order valence-electron chi connectivity index (χ2n) is 4.66. The molecule has 0 aliphatic heterocycles. The molecule has 19 heavy (non-hydrogen) atoms. The molecule has 1 rings (SSSR count). The molecule has 1 aromatic carbocycles. The van der Waals surface area contributed by atoms with Crippen molar-refractivity contribution in [2.45, 2.75) is 24.8 Å². The van der Waals surface area contributed by atoms with Gasteiger partial charge in [0.05, 0.1) is 10.9 Å². The summed E-state index contributed by atoms with van der Waals surface area (Å²) in [4.78, 5) is 13.0. The highest BCUT2D eigenvalue weighted by atomic mass is 32.2. The smallest absolute Gasteiger partial charge is 0.241 e. The average Bonchev–Trinajstić information content (AvgIpc) is 2.25. The molecule has 7 heteroatoms. The maximum absolute atomic E-state index is 12.1. The van der Waals surface area contributed by atoms with Gasteiger partial charge >= 0.3 is 0 Å². The third kappa shape index (κ3) is 3.93. The number of rotatable bonds is 4. The molecule has 0 aromatic heterocycles. The number of aryl methyl sites for hydroxylation is 1. The van der Waals surface area contributed by atoms with Gasteiger partial charge in [0.15, 0.2) is 0 Å². The average molecular weight is 285 g/mol. The van der Waals surface area contributed by atoms with Gasteiger partial charge in [-0.3, -0.25) is 4.79 Å². The summed E-state index contributed by atoms with van der Waals surface area (Å²) in [7, 11) is -0.626. The highest BCUT2D eigenvalue weighted by Gasteiger charge is 2.23. The summed E-state index contributed by atoms with van der Waals surface area (Å²) in [6.07, 6.45) is 0. The van der Waals surface area contributed by atoms with E-state index in [4.69, 9.17) is 5.73 Å². The zero-order chi connectivity index (χ0) is 14.8. The molecule has 1 aromatic rings. The number of amides is 1. The highest BCUT2D eigenvalue weighted by molar-refractivity contribution is 7.89. The quantitative estimate of drug-likeness (QED) is 0.780. The van der Waals surface area contributed by atoms with Crippen molar-refractivity contribution in [2.24, 2.45) is 0 Å². The number of hydrogen-bond acceptors (Lipinski definition) is 4. The Hall–Kier alpha value is -1.60. The number of benzene rings is 1. The molecule has 0 saturated heterocycles. The first-order valence-electron chi connectivity index (χ1n) is 5.74. The first kappa shape index (κ1) is 15.5. The number of hydrogen-bond donors (Lipinski definition) is 2. The third-order valence-electron chi connectivity index (χ3n) is 2.53. The van der Waals surface area contributed by atoms with Gasteiger partial charge in [-0.25, -0.2) is 8.42 Å². The Morgan fingerprint density at radius 3 is 2.37 bits per heavy atom. The van der Waals surface area contributed by atoms with Gasteiger partial charge < -0.3 is 10.6 Å². The lowest BCUT2D eigenvalue weighted by Gasteiger charge is -2.18. The van der Waals surface area contributed by atoms with Gasteiger partial charge in [0.1, 0.15) is 0 Å². The maximum atomic E-state index is 12.1. The maximum Gasteiger partial charge on any atom is 0.241 e. The second kappa shape index (κ2) is 5.58. The van der Waals surface area contributed by atoms with Crippen molar-refractivity contribution in [3.05, 3.63) is 23.8 Å². The number of nitrogens with two attached hydrogens (primary N) is 1. The SMILES string of the molecule is Cc1cc(N)cc(S(=O)(=O)NC(C)C(=O)N(C)C)c1. The number of carbonyl (C=O) groups excluding carboxylic acids is 1. The van der Waals surface area contributed by atoms with Crippen molar-refractivity contribution < 1.29 is 13.2 Å². The molecule has 0 spiro atoms. The molecule has 1 amide bonds. The van der Waals surface area contributed by atoms with Crippen molar-refractivity contribution in [2.75, 3.05) is 19.8 Å². The lowest BCUT2D eigenvalue weighted by molar-refractivity contribution is -0.130. The van der Waals surface area contributed by atoms with Crippen molar-refractivity contribution >= 4 is 21.6 Å². The predicted octanol–water partition coefficient (Wildman–Crippen LogP) is 0.332. The van der Waals surface area contributed by atoms with Crippen LogP contribution in [0.25, 0.3) is 0 Å². The van der Waals surface area contributed by atoms with Crippen LogP contribution in [0.4, 0.5) is 5.69 Å². The third-order valence-corrected chi connectivity index (χ3v) is 4.05. The number of nitrogen functional groups attached to an aromatic ring is 1. The number of anilines is 1. The summed E-state index contributed by atoms with van der Waals surface area (Å²) in [6.45, 7) is 3.25. The zero-order valence-corrected chi connectivity index (χ0v) is 12.3. The first-order valence-corrected chi connectivity index (χ1v) is 7.22. The Kier molecular flexibility index (Phi) is 4.54. The highest BCUT2D eigenvalue weighted by Crippen LogP contribution is 2.16. The second-order valence-corrected chi connectivity index (χ2v) is 6.37. The molecule has 0 fully saturated rings. The summed E-state index contributed by atoms with van der Waals surface area (Å²) in [5.74, 6) is -0.316. The number of carbonyl (C=O) groups is 1.